The molecule has 1 saturated heterocycles. The van der Waals surface area contributed by atoms with Gasteiger partial charge in [0, 0.05) is 27.4 Å². The maximum absolute atomic E-state index is 11.7. The molecule has 0 saturated carbocycles. The number of amides is 1. The molecule has 1 amide bonds. The number of nitrogens with one attached hydrogen (secondary N) is 1. The Morgan fingerprint density at radius 2 is 1.86 bits per heavy atom. The van der Waals surface area contributed by atoms with Crippen molar-refractivity contribution < 1.29 is 58.6 Å². The third-order valence-corrected chi connectivity index (χ3v) is 4.14. The highest BCUT2D eigenvalue weighted by atomic mass is 16.7. The van der Waals surface area contributed by atoms with Crippen LogP contribution < -0.4 is 5.32 Å². The summed E-state index contributed by atoms with van der Waals surface area (Å²) in [5.41, 5.74) is 0. The molecule has 1 aliphatic heterocycles. The van der Waals surface area contributed by atoms with Crippen LogP contribution in [-0.2, 0) is 38.1 Å². The van der Waals surface area contributed by atoms with Gasteiger partial charge in [-0.05, 0) is 0 Å². The maximum atomic E-state index is 11.7. The van der Waals surface area contributed by atoms with Crippen molar-refractivity contribution in [2.45, 2.75) is 56.5 Å². The van der Waals surface area contributed by atoms with E-state index in [1.165, 1.54) is 7.11 Å². The van der Waals surface area contributed by atoms with Crippen LogP contribution in [0, 0.1) is 0 Å². The molecule has 6 atom stereocenters. The van der Waals surface area contributed by atoms with Gasteiger partial charge in [-0.25, -0.2) is 4.79 Å². The van der Waals surface area contributed by atoms with Gasteiger partial charge in [-0.2, -0.15) is 0 Å². The van der Waals surface area contributed by atoms with Crippen LogP contribution in [0.1, 0.15) is 20.3 Å². The number of aliphatic hydroxyl groups is 3. The largest absolute Gasteiger partial charge is 0.477 e. The molecule has 29 heavy (non-hydrogen) atoms. The fourth-order valence-corrected chi connectivity index (χ4v) is 2.84. The fourth-order valence-electron chi connectivity index (χ4n) is 2.84. The van der Waals surface area contributed by atoms with E-state index < -0.39 is 79.7 Å². The molecule has 1 rings (SSSR count). The fraction of sp³-hybridized carbons (Fsp3) is 0.750. The smallest absolute Gasteiger partial charge is 0.364 e. The van der Waals surface area contributed by atoms with Crippen molar-refractivity contribution in [2.24, 2.45) is 0 Å². The molecule has 0 unspecified atom stereocenters. The lowest BCUT2D eigenvalue weighted by Gasteiger charge is -2.45. The molecule has 5 N–H and O–H groups in total. The summed E-state index contributed by atoms with van der Waals surface area (Å²) in [5, 5.41) is 41.1. The predicted molar refractivity (Wildman–Crippen MR) is 90.1 cm³/mol. The van der Waals surface area contributed by atoms with E-state index in [0.29, 0.717) is 0 Å². The predicted octanol–water partition coefficient (Wildman–Crippen LogP) is -3.10. The highest BCUT2D eigenvalue weighted by molar-refractivity contribution is 5.78. The number of carboxylic acids is 1. The molecule has 1 fully saturated rings. The van der Waals surface area contributed by atoms with E-state index in [1.807, 2.05) is 0 Å². The first-order valence-electron chi connectivity index (χ1n) is 8.50. The Morgan fingerprint density at radius 1 is 1.24 bits per heavy atom. The molecule has 1 aliphatic rings. The van der Waals surface area contributed by atoms with Crippen molar-refractivity contribution in [3.63, 3.8) is 0 Å². The summed E-state index contributed by atoms with van der Waals surface area (Å²) in [6, 6.07) is -1.41. The number of esters is 2. The Kier molecular flexibility index (Phi) is 8.91. The number of carbonyl (C=O) groups excluding carboxylic acids is 3. The first kappa shape index (κ1) is 24.7. The Bertz CT molecular complexity index is 625. The molecule has 13 nitrogen and oxygen atoms in total. The molecule has 0 spiro atoms. The lowest BCUT2D eigenvalue weighted by Crippen LogP contribution is -2.68. The number of aliphatic carboxylic acids is 1. The number of methoxy groups -OCH3 is 1. The summed E-state index contributed by atoms with van der Waals surface area (Å²) >= 11 is 0. The van der Waals surface area contributed by atoms with Crippen molar-refractivity contribution in [1.29, 1.82) is 0 Å². The number of carbonyl (C=O) groups is 4. The molecule has 0 radical (unpaired) electrons. The van der Waals surface area contributed by atoms with Gasteiger partial charge >= 0.3 is 17.9 Å². The van der Waals surface area contributed by atoms with E-state index in [-0.39, 0.29) is 0 Å². The molecule has 0 bridgehead atoms. The third-order valence-electron chi connectivity index (χ3n) is 4.14. The second kappa shape index (κ2) is 10.5. The van der Waals surface area contributed by atoms with Gasteiger partial charge in [-0.1, -0.05) is 0 Å². The quantitative estimate of drug-likeness (QED) is 0.234. The molecule has 13 heteroatoms. The summed E-state index contributed by atoms with van der Waals surface area (Å²) in [7, 11) is 1.18. The van der Waals surface area contributed by atoms with Gasteiger partial charge < -0.3 is 44.7 Å². The van der Waals surface area contributed by atoms with Gasteiger partial charge in [0.2, 0.25) is 5.91 Å². The van der Waals surface area contributed by atoms with Gasteiger partial charge in [-0.3, -0.25) is 14.4 Å². The van der Waals surface area contributed by atoms with Crippen molar-refractivity contribution >= 4 is 23.8 Å². The van der Waals surface area contributed by atoms with Crippen molar-refractivity contribution in [3.8, 4) is 0 Å². The standard InChI is InChI=1S/C16H25NO12/c1-7(19)27-6-10(26-3)13(28-8(2)20)14-12(17-11(22)5-18)9(21)4-16(25,29-14)15(23)24/h9-10,12-14,18,21,25H,4-6H2,1-3H3,(H,17,22)(H,23,24)/t9-,10+,12+,13+,14+,16-/m0/s1. The highest BCUT2D eigenvalue weighted by Gasteiger charge is 2.55. The first-order valence-corrected chi connectivity index (χ1v) is 8.50. The van der Waals surface area contributed by atoms with Crippen molar-refractivity contribution in [3.05, 3.63) is 0 Å². The Morgan fingerprint density at radius 3 is 2.31 bits per heavy atom. The molecular weight excluding hydrogens is 398 g/mol. The zero-order valence-electron chi connectivity index (χ0n) is 16.1. The lowest BCUT2D eigenvalue weighted by molar-refractivity contribution is -0.297. The minimum Gasteiger partial charge on any atom is -0.477 e. The number of hydrogen-bond donors (Lipinski definition) is 5. The van der Waals surface area contributed by atoms with E-state index in [1.54, 1.807) is 0 Å². The summed E-state index contributed by atoms with van der Waals surface area (Å²) in [6.07, 6.45) is -6.90. The van der Waals surface area contributed by atoms with Gasteiger partial charge in [0.25, 0.3) is 5.79 Å². The number of ether oxygens (including phenoxy) is 4. The Labute approximate surface area is 165 Å². The summed E-state index contributed by atoms with van der Waals surface area (Å²) < 4.78 is 20.3. The Hall–Kier alpha value is -2.32. The molecule has 0 aromatic carbocycles. The third kappa shape index (κ3) is 6.61. The van der Waals surface area contributed by atoms with Crippen LogP contribution in [0.2, 0.25) is 0 Å². The van der Waals surface area contributed by atoms with Crippen LogP contribution in [0.5, 0.6) is 0 Å². The average Bonchev–Trinajstić information content (AvgIpc) is 2.62. The van der Waals surface area contributed by atoms with Crippen LogP contribution in [0.15, 0.2) is 0 Å². The normalized spacial score (nSPS) is 28.7. The monoisotopic (exact) mass is 423 g/mol. The van der Waals surface area contributed by atoms with E-state index in [9.17, 15) is 34.5 Å². The van der Waals surface area contributed by atoms with Gasteiger partial charge in [0.1, 0.15) is 25.4 Å². The molecule has 0 aromatic heterocycles. The molecule has 0 aliphatic carbocycles. The minimum absolute atomic E-state index is 0.452. The number of carboxylic acid groups (broad SMARTS) is 1. The summed E-state index contributed by atoms with van der Waals surface area (Å²) in [4.78, 5) is 45.8. The molecule has 166 valence electrons. The SMILES string of the molecule is CO[C@H](COC(C)=O)[C@@H](OC(C)=O)[C@@H]1O[C@](O)(C(=O)O)C[C@H](O)[C@H]1NC(=O)CO. The van der Waals surface area contributed by atoms with Crippen LogP contribution in [-0.4, -0.2) is 101 Å². The number of rotatable bonds is 9. The second-order valence-corrected chi connectivity index (χ2v) is 6.35. The van der Waals surface area contributed by atoms with Crippen LogP contribution >= 0.6 is 0 Å². The molecular formula is C16H25NO12. The van der Waals surface area contributed by atoms with Crippen molar-refractivity contribution in [2.75, 3.05) is 20.3 Å². The van der Waals surface area contributed by atoms with Crippen LogP contribution in [0.3, 0.4) is 0 Å². The average molecular weight is 423 g/mol. The van der Waals surface area contributed by atoms with Crippen LogP contribution in [0.25, 0.3) is 0 Å². The lowest BCUT2D eigenvalue weighted by atomic mass is 9.88. The van der Waals surface area contributed by atoms with Crippen LogP contribution in [0.4, 0.5) is 0 Å². The Balaban J connectivity index is 3.35. The topological polar surface area (TPSA) is 198 Å². The molecule has 0 aromatic rings. The van der Waals surface area contributed by atoms with Crippen molar-refractivity contribution in [1.82, 2.24) is 5.32 Å². The molecule has 1 heterocycles. The summed E-state index contributed by atoms with van der Waals surface area (Å²) in [5.74, 6) is -7.20. The van der Waals surface area contributed by atoms with Gasteiger partial charge in [0.15, 0.2) is 6.10 Å². The van der Waals surface area contributed by atoms with Gasteiger partial charge in [-0.15, -0.1) is 0 Å². The highest BCUT2D eigenvalue weighted by Crippen LogP contribution is 2.32. The number of hydrogen-bond acceptors (Lipinski definition) is 11. The van der Waals surface area contributed by atoms with E-state index in [2.05, 4.69) is 5.32 Å². The summed E-state index contributed by atoms with van der Waals surface area (Å²) in [6.45, 7) is 0.724. The van der Waals surface area contributed by atoms with E-state index in [4.69, 9.17) is 24.1 Å². The second-order valence-electron chi connectivity index (χ2n) is 6.35. The zero-order chi connectivity index (χ0) is 22.4. The van der Waals surface area contributed by atoms with E-state index in [0.717, 1.165) is 13.8 Å². The maximum Gasteiger partial charge on any atom is 0.364 e. The first-order chi connectivity index (χ1) is 13.4. The number of aliphatic hydroxyl groups excluding tert-OH is 2. The zero-order valence-corrected chi connectivity index (χ0v) is 16.1. The van der Waals surface area contributed by atoms with Gasteiger partial charge in [0.05, 0.1) is 12.1 Å². The van der Waals surface area contributed by atoms with E-state index >= 15 is 0 Å². The minimum atomic E-state index is -2.87.